The monoisotopic (exact) mass is 509 g/mol. The zero-order chi connectivity index (χ0) is 26.1. The second kappa shape index (κ2) is 9.65. The Morgan fingerprint density at radius 3 is 2.06 bits per heavy atom. The molecule has 1 heterocycles. The first kappa shape index (κ1) is 25.8. The molecule has 9 heteroatoms. The molecule has 0 saturated carbocycles. The van der Waals surface area contributed by atoms with Crippen LogP contribution in [0, 0.1) is 0 Å². The van der Waals surface area contributed by atoms with Crippen molar-refractivity contribution in [1.29, 1.82) is 0 Å². The summed E-state index contributed by atoms with van der Waals surface area (Å²) in [6.45, 7) is 7.61. The van der Waals surface area contributed by atoms with Gasteiger partial charge in [0.25, 0.3) is 8.32 Å². The average molecular weight is 510 g/mol. The normalized spacial score (nSPS) is 25.8. The molecule has 2 aromatic carbocycles. The molecule has 0 radical (unpaired) electrons. The van der Waals surface area contributed by atoms with Crippen molar-refractivity contribution in [3.63, 3.8) is 0 Å². The van der Waals surface area contributed by atoms with Gasteiger partial charge in [-0.15, -0.1) is 0 Å². The molecular formula is C27H31NO7Si. The fourth-order valence-corrected chi connectivity index (χ4v) is 9.75. The summed E-state index contributed by atoms with van der Waals surface area (Å²) >= 11 is 0. The van der Waals surface area contributed by atoms with Gasteiger partial charge in [0.15, 0.2) is 23.5 Å². The summed E-state index contributed by atoms with van der Waals surface area (Å²) in [5.41, 5.74) is -2.24. The number of fused-ring (bicyclic) bond motifs is 1. The second-order valence-electron chi connectivity index (χ2n) is 10.2. The van der Waals surface area contributed by atoms with Crippen molar-refractivity contribution in [3.05, 3.63) is 72.8 Å². The Labute approximate surface area is 211 Å². The van der Waals surface area contributed by atoms with Crippen LogP contribution in [0.5, 0.6) is 0 Å². The topological polar surface area (TPSA) is 115 Å². The van der Waals surface area contributed by atoms with Crippen molar-refractivity contribution in [1.82, 2.24) is 0 Å². The van der Waals surface area contributed by atoms with Crippen LogP contribution in [-0.2, 0) is 23.6 Å². The summed E-state index contributed by atoms with van der Waals surface area (Å²) in [6.07, 6.45) is -0.120. The lowest BCUT2D eigenvalue weighted by molar-refractivity contribution is -0.202. The molecule has 0 aromatic heterocycles. The average Bonchev–Trinajstić information content (AvgIpc) is 2.83. The Hall–Kier alpha value is -3.27. The smallest absolute Gasteiger partial charge is 0.353 e. The van der Waals surface area contributed by atoms with E-state index in [2.05, 4.69) is 25.9 Å². The molecule has 4 rings (SSSR count). The second-order valence-corrected chi connectivity index (χ2v) is 14.5. The van der Waals surface area contributed by atoms with E-state index < -0.39 is 44.2 Å². The number of carbonyl (C=O) groups excluding carboxylic acids is 1. The van der Waals surface area contributed by atoms with Crippen molar-refractivity contribution >= 4 is 36.3 Å². The molecule has 0 saturated heterocycles. The molecule has 1 aliphatic carbocycles. The van der Waals surface area contributed by atoms with E-state index in [9.17, 15) is 19.8 Å². The third-order valence-electron chi connectivity index (χ3n) is 6.76. The van der Waals surface area contributed by atoms with Crippen LogP contribution in [0.2, 0.25) is 5.04 Å². The number of esters is 1. The minimum absolute atomic E-state index is 0.349. The van der Waals surface area contributed by atoms with Crippen LogP contribution in [0.15, 0.2) is 78.0 Å². The van der Waals surface area contributed by atoms with E-state index in [-0.39, 0.29) is 17.2 Å². The van der Waals surface area contributed by atoms with Crippen LogP contribution >= 0.6 is 0 Å². The highest BCUT2D eigenvalue weighted by Crippen LogP contribution is 2.42. The fourth-order valence-electron chi connectivity index (χ4n) is 5.13. The SMILES string of the molecule is CC(=O)O[C@@H]1C=C[C@@H](O[Si](c2ccccc2)(c2ccccc2)C(C)(C)C)[C@@H]2ON=C(C(=O)O)C[C@]12O. The summed E-state index contributed by atoms with van der Waals surface area (Å²) < 4.78 is 12.5. The first-order chi connectivity index (χ1) is 17.0. The minimum atomic E-state index is -3.05. The van der Waals surface area contributed by atoms with Crippen LogP contribution in [0.3, 0.4) is 0 Å². The molecule has 0 spiro atoms. The zero-order valence-corrected chi connectivity index (χ0v) is 21.8. The van der Waals surface area contributed by atoms with Crippen LogP contribution in [0.1, 0.15) is 34.1 Å². The van der Waals surface area contributed by atoms with Crippen LogP contribution in [-0.4, -0.2) is 60.1 Å². The van der Waals surface area contributed by atoms with Crippen LogP contribution < -0.4 is 10.4 Å². The molecule has 36 heavy (non-hydrogen) atoms. The number of carboxylic acids is 1. The number of rotatable bonds is 6. The standard InChI is InChI=1S/C27H31NO7Si/c1-18(29)33-23-16-15-22(24-27(23,32)17-21(25(30)31)28-34-24)35-36(26(2,3)4,19-11-7-5-8-12-19)20-13-9-6-10-14-20/h5-16,22-24,32H,17H2,1-4H3,(H,30,31)/t22-,23-,24+,27+/m1/s1. The molecule has 190 valence electrons. The molecule has 0 fully saturated rings. The number of carboxylic acid groups (broad SMARTS) is 1. The Morgan fingerprint density at radius 2 is 1.58 bits per heavy atom. The molecule has 1 aliphatic heterocycles. The lowest BCUT2D eigenvalue weighted by Gasteiger charge is -2.50. The molecule has 4 atom stereocenters. The predicted molar refractivity (Wildman–Crippen MR) is 137 cm³/mol. The zero-order valence-electron chi connectivity index (χ0n) is 20.8. The number of aliphatic hydroxyl groups is 1. The van der Waals surface area contributed by atoms with Gasteiger partial charge in [0.1, 0.15) is 6.10 Å². The quantitative estimate of drug-likeness (QED) is 0.349. The van der Waals surface area contributed by atoms with Gasteiger partial charge in [0, 0.05) is 13.3 Å². The van der Waals surface area contributed by atoms with Gasteiger partial charge in [0.05, 0.1) is 0 Å². The number of benzene rings is 2. The molecule has 0 unspecified atom stereocenters. The molecule has 2 N–H and O–H groups in total. The maximum Gasteiger partial charge on any atom is 0.353 e. The Balaban J connectivity index is 1.86. The van der Waals surface area contributed by atoms with E-state index in [0.29, 0.717) is 0 Å². The number of aliphatic carboxylic acids is 1. The van der Waals surface area contributed by atoms with E-state index in [1.54, 1.807) is 12.2 Å². The fraction of sp³-hybridized carbons (Fsp3) is 0.370. The molecule has 0 amide bonds. The minimum Gasteiger partial charge on any atom is -0.477 e. The number of hydrogen-bond donors (Lipinski definition) is 2. The van der Waals surface area contributed by atoms with Gasteiger partial charge in [-0.05, 0) is 21.5 Å². The maximum atomic E-state index is 11.8. The molecule has 0 bridgehead atoms. The van der Waals surface area contributed by atoms with E-state index in [4.69, 9.17) is 14.0 Å². The van der Waals surface area contributed by atoms with Crippen molar-refractivity contribution in [2.75, 3.05) is 0 Å². The van der Waals surface area contributed by atoms with Gasteiger partial charge in [-0.25, -0.2) is 4.79 Å². The molecular weight excluding hydrogens is 478 g/mol. The lowest BCUT2D eigenvalue weighted by atomic mass is 9.78. The number of carbonyl (C=O) groups is 2. The van der Waals surface area contributed by atoms with Gasteiger partial charge < -0.3 is 24.2 Å². The third kappa shape index (κ3) is 4.49. The van der Waals surface area contributed by atoms with E-state index in [1.165, 1.54) is 6.92 Å². The maximum absolute atomic E-state index is 11.8. The molecule has 2 aromatic rings. The van der Waals surface area contributed by atoms with Gasteiger partial charge in [-0.2, -0.15) is 0 Å². The van der Waals surface area contributed by atoms with Crippen molar-refractivity contribution in [3.8, 4) is 0 Å². The molecule has 2 aliphatic rings. The first-order valence-corrected chi connectivity index (χ1v) is 13.7. The first-order valence-electron chi connectivity index (χ1n) is 11.8. The van der Waals surface area contributed by atoms with Gasteiger partial charge >= 0.3 is 11.9 Å². The van der Waals surface area contributed by atoms with E-state index in [0.717, 1.165) is 10.4 Å². The van der Waals surface area contributed by atoms with E-state index in [1.807, 2.05) is 60.7 Å². The van der Waals surface area contributed by atoms with Gasteiger partial charge in [0.2, 0.25) is 0 Å². The summed E-state index contributed by atoms with van der Waals surface area (Å²) in [4.78, 5) is 29.0. The van der Waals surface area contributed by atoms with E-state index >= 15 is 0 Å². The van der Waals surface area contributed by atoms with Gasteiger partial charge in [-0.1, -0.05) is 92.7 Å². The van der Waals surface area contributed by atoms with Gasteiger partial charge in [-0.3, -0.25) is 4.79 Å². The third-order valence-corrected chi connectivity index (χ3v) is 11.8. The summed E-state index contributed by atoms with van der Waals surface area (Å²) in [5, 5.41) is 26.8. The lowest BCUT2D eigenvalue weighted by Crippen LogP contribution is -2.71. The number of nitrogens with zero attached hydrogens (tertiary/aromatic N) is 1. The molecule has 8 nitrogen and oxygen atoms in total. The number of oxime groups is 1. The Kier molecular flexibility index (Phi) is 6.92. The summed E-state index contributed by atoms with van der Waals surface area (Å²) in [7, 11) is -3.05. The highest BCUT2D eigenvalue weighted by Gasteiger charge is 2.60. The Morgan fingerprint density at radius 1 is 1.03 bits per heavy atom. The number of hydrogen-bond acceptors (Lipinski definition) is 7. The van der Waals surface area contributed by atoms with Crippen molar-refractivity contribution in [2.24, 2.45) is 5.16 Å². The van der Waals surface area contributed by atoms with Crippen molar-refractivity contribution < 1.29 is 33.8 Å². The predicted octanol–water partition coefficient (Wildman–Crippen LogP) is 2.39. The van der Waals surface area contributed by atoms with Crippen molar-refractivity contribution in [2.45, 2.75) is 63.1 Å². The Bertz CT molecular complexity index is 1140. The largest absolute Gasteiger partial charge is 0.477 e. The number of ether oxygens (including phenoxy) is 1. The van der Waals surface area contributed by atoms with Crippen LogP contribution in [0.4, 0.5) is 0 Å². The summed E-state index contributed by atoms with van der Waals surface area (Å²) in [6, 6.07) is 20.0. The summed E-state index contributed by atoms with van der Waals surface area (Å²) in [5.74, 6) is -1.93. The van der Waals surface area contributed by atoms with Crippen LogP contribution in [0.25, 0.3) is 0 Å². The highest BCUT2D eigenvalue weighted by atomic mass is 28.4. The highest BCUT2D eigenvalue weighted by molar-refractivity contribution is 6.99.